The molecule has 5 heteroatoms. The topological polar surface area (TPSA) is 35.9 Å². The lowest BCUT2D eigenvalue weighted by atomic mass is 9.78. The van der Waals surface area contributed by atoms with Crippen LogP contribution in [0.3, 0.4) is 0 Å². The summed E-state index contributed by atoms with van der Waals surface area (Å²) in [6, 6.07) is 8.87. The van der Waals surface area contributed by atoms with E-state index in [2.05, 4.69) is 51.8 Å². The van der Waals surface area contributed by atoms with Gasteiger partial charge in [0, 0.05) is 15.9 Å². The van der Waals surface area contributed by atoms with Crippen molar-refractivity contribution in [1.82, 2.24) is 9.91 Å². The first-order valence-corrected chi connectivity index (χ1v) is 9.17. The standard InChI is InChI=1S/C17H20IN3O/c1-2-14(22)21-16(12-4-3-5-13(18)10-12)17-15(19-21)11-6-8-20(17)9-7-11/h3-5,10-11,16-17H,2,6-9H2,1H3. The highest BCUT2D eigenvalue weighted by molar-refractivity contribution is 14.1. The Morgan fingerprint density at radius 3 is 2.77 bits per heavy atom. The van der Waals surface area contributed by atoms with Gasteiger partial charge in [0.05, 0.1) is 11.8 Å². The molecule has 0 radical (unpaired) electrons. The number of carbonyl (C=O) groups excluding carboxylic acids is 1. The average molecular weight is 409 g/mol. The van der Waals surface area contributed by atoms with Crippen LogP contribution in [0.4, 0.5) is 0 Å². The van der Waals surface area contributed by atoms with Crippen molar-refractivity contribution in [3.05, 3.63) is 33.4 Å². The molecule has 0 N–H and O–H groups in total. The maximum Gasteiger partial charge on any atom is 0.243 e. The Kier molecular flexibility index (Phi) is 3.72. The van der Waals surface area contributed by atoms with Crippen LogP contribution in [-0.2, 0) is 4.79 Å². The number of carbonyl (C=O) groups is 1. The number of nitrogens with zero attached hydrogens (tertiary/aromatic N) is 3. The summed E-state index contributed by atoms with van der Waals surface area (Å²) in [6.45, 7) is 4.21. The second-order valence-corrected chi connectivity index (χ2v) is 7.62. The SMILES string of the molecule is CCC(=O)N1N=C2C3CCN(CC3)C2C1c1cccc(I)c1. The molecule has 2 atom stereocenters. The first-order chi connectivity index (χ1) is 10.7. The summed E-state index contributed by atoms with van der Waals surface area (Å²) in [5.41, 5.74) is 2.47. The molecule has 5 rings (SSSR count). The lowest BCUT2D eigenvalue weighted by molar-refractivity contribution is -0.133. The van der Waals surface area contributed by atoms with Crippen LogP contribution in [0.5, 0.6) is 0 Å². The third-order valence-electron chi connectivity index (χ3n) is 5.18. The third-order valence-corrected chi connectivity index (χ3v) is 5.85. The fourth-order valence-corrected chi connectivity index (χ4v) is 4.68. The van der Waals surface area contributed by atoms with E-state index in [1.807, 2.05) is 6.92 Å². The molecule has 3 fully saturated rings. The van der Waals surface area contributed by atoms with Gasteiger partial charge in [0.2, 0.25) is 5.91 Å². The van der Waals surface area contributed by atoms with Crippen LogP contribution in [0.2, 0.25) is 0 Å². The Morgan fingerprint density at radius 2 is 2.09 bits per heavy atom. The van der Waals surface area contributed by atoms with E-state index in [1.54, 1.807) is 5.01 Å². The molecule has 1 aromatic carbocycles. The van der Waals surface area contributed by atoms with Crippen molar-refractivity contribution in [1.29, 1.82) is 0 Å². The molecule has 4 nitrogen and oxygen atoms in total. The predicted molar refractivity (Wildman–Crippen MR) is 94.6 cm³/mol. The van der Waals surface area contributed by atoms with Gasteiger partial charge in [0.1, 0.15) is 6.04 Å². The first-order valence-electron chi connectivity index (χ1n) is 8.09. The van der Waals surface area contributed by atoms with E-state index in [1.165, 1.54) is 27.7 Å². The summed E-state index contributed by atoms with van der Waals surface area (Å²) in [4.78, 5) is 15.0. The molecule has 0 aromatic heterocycles. The molecule has 3 saturated heterocycles. The van der Waals surface area contributed by atoms with Gasteiger partial charge >= 0.3 is 0 Å². The molecule has 2 unspecified atom stereocenters. The molecule has 1 amide bonds. The van der Waals surface area contributed by atoms with Crippen LogP contribution in [0.1, 0.15) is 37.8 Å². The molecule has 0 saturated carbocycles. The monoisotopic (exact) mass is 409 g/mol. The van der Waals surface area contributed by atoms with Crippen molar-refractivity contribution in [3.63, 3.8) is 0 Å². The van der Waals surface area contributed by atoms with Crippen molar-refractivity contribution < 1.29 is 4.79 Å². The van der Waals surface area contributed by atoms with Crippen LogP contribution >= 0.6 is 22.6 Å². The molecule has 0 aliphatic carbocycles. The number of halogens is 1. The normalized spacial score (nSPS) is 32.8. The van der Waals surface area contributed by atoms with Gasteiger partial charge in [0.25, 0.3) is 0 Å². The Labute approximate surface area is 144 Å². The number of hydrazone groups is 1. The van der Waals surface area contributed by atoms with Crippen LogP contribution in [0.25, 0.3) is 0 Å². The maximum atomic E-state index is 12.5. The zero-order valence-electron chi connectivity index (χ0n) is 12.7. The number of piperidine rings is 3. The Morgan fingerprint density at radius 1 is 1.32 bits per heavy atom. The van der Waals surface area contributed by atoms with Gasteiger partial charge in [-0.25, -0.2) is 5.01 Å². The Bertz CT molecular complexity index is 637. The lowest BCUT2D eigenvalue weighted by Crippen LogP contribution is -2.56. The van der Waals surface area contributed by atoms with Crippen molar-refractivity contribution in [3.8, 4) is 0 Å². The fraction of sp³-hybridized carbons (Fsp3) is 0.529. The van der Waals surface area contributed by atoms with Gasteiger partial charge in [-0.15, -0.1) is 0 Å². The minimum atomic E-state index is 0.0558. The van der Waals surface area contributed by atoms with E-state index in [0.29, 0.717) is 18.4 Å². The summed E-state index contributed by atoms with van der Waals surface area (Å²) in [6.07, 6.45) is 2.90. The zero-order chi connectivity index (χ0) is 15.3. The molecule has 4 aliphatic heterocycles. The minimum absolute atomic E-state index is 0.0558. The van der Waals surface area contributed by atoms with Gasteiger partial charge in [-0.3, -0.25) is 9.69 Å². The van der Waals surface area contributed by atoms with E-state index in [-0.39, 0.29) is 11.9 Å². The molecule has 1 aromatic rings. The van der Waals surface area contributed by atoms with Gasteiger partial charge in [-0.2, -0.15) is 5.10 Å². The van der Waals surface area contributed by atoms with Crippen LogP contribution in [0, 0.1) is 9.49 Å². The average Bonchev–Trinajstić information content (AvgIpc) is 2.97. The van der Waals surface area contributed by atoms with Crippen molar-refractivity contribution in [2.45, 2.75) is 38.3 Å². The zero-order valence-corrected chi connectivity index (χ0v) is 14.9. The molecular weight excluding hydrogens is 389 g/mol. The maximum absolute atomic E-state index is 12.5. The summed E-state index contributed by atoms with van der Waals surface area (Å²) in [5, 5.41) is 6.59. The van der Waals surface area contributed by atoms with Crippen LogP contribution < -0.4 is 0 Å². The number of benzene rings is 1. The van der Waals surface area contributed by atoms with E-state index >= 15 is 0 Å². The van der Waals surface area contributed by atoms with Gasteiger partial charge in [-0.05, 0) is 66.2 Å². The quantitative estimate of drug-likeness (QED) is 0.705. The minimum Gasteiger partial charge on any atom is -0.293 e. The van der Waals surface area contributed by atoms with Crippen LogP contribution in [0.15, 0.2) is 29.4 Å². The smallest absolute Gasteiger partial charge is 0.243 e. The summed E-state index contributed by atoms with van der Waals surface area (Å²) >= 11 is 2.34. The molecule has 4 aliphatic rings. The molecule has 0 spiro atoms. The predicted octanol–water partition coefficient (Wildman–Crippen LogP) is 3.03. The van der Waals surface area contributed by atoms with Crippen molar-refractivity contribution >= 4 is 34.2 Å². The number of fused-ring (bicyclic) bond motifs is 2. The van der Waals surface area contributed by atoms with Gasteiger partial charge in [0.15, 0.2) is 0 Å². The summed E-state index contributed by atoms with van der Waals surface area (Å²) < 4.78 is 1.21. The summed E-state index contributed by atoms with van der Waals surface area (Å²) in [7, 11) is 0. The van der Waals surface area contributed by atoms with E-state index < -0.39 is 0 Å². The Hall–Kier alpha value is -0.950. The molecule has 22 heavy (non-hydrogen) atoms. The number of rotatable bonds is 2. The summed E-state index contributed by atoms with van der Waals surface area (Å²) in [5.74, 6) is 0.710. The van der Waals surface area contributed by atoms with E-state index in [0.717, 1.165) is 13.1 Å². The highest BCUT2D eigenvalue weighted by Crippen LogP contribution is 2.43. The van der Waals surface area contributed by atoms with Crippen LogP contribution in [-0.4, -0.2) is 40.7 Å². The highest BCUT2D eigenvalue weighted by atomic mass is 127. The third kappa shape index (κ3) is 2.21. The van der Waals surface area contributed by atoms with Crippen molar-refractivity contribution in [2.75, 3.05) is 13.1 Å². The fourth-order valence-electron chi connectivity index (χ4n) is 4.11. The van der Waals surface area contributed by atoms with E-state index in [9.17, 15) is 4.79 Å². The van der Waals surface area contributed by atoms with Gasteiger partial charge < -0.3 is 0 Å². The number of amides is 1. The first kappa shape index (κ1) is 14.6. The Balaban J connectivity index is 1.78. The highest BCUT2D eigenvalue weighted by Gasteiger charge is 2.50. The second kappa shape index (κ2) is 5.60. The van der Waals surface area contributed by atoms with Crippen molar-refractivity contribution in [2.24, 2.45) is 11.0 Å². The van der Waals surface area contributed by atoms with E-state index in [4.69, 9.17) is 5.10 Å². The molecular formula is C17H20IN3O. The number of hydrogen-bond donors (Lipinski definition) is 0. The van der Waals surface area contributed by atoms with Gasteiger partial charge in [-0.1, -0.05) is 19.1 Å². The largest absolute Gasteiger partial charge is 0.293 e. The number of hydrogen-bond acceptors (Lipinski definition) is 3. The lowest BCUT2D eigenvalue weighted by Gasteiger charge is -2.46. The molecule has 2 bridgehead atoms. The second-order valence-electron chi connectivity index (χ2n) is 6.37. The molecule has 116 valence electrons. The molecule has 4 heterocycles.